The molecule has 6 heteroatoms. The fraction of sp³-hybridized carbons (Fsp3) is 0.111. The van der Waals surface area contributed by atoms with Crippen LogP contribution in [-0.4, -0.2) is 23.9 Å². The second-order valence-corrected chi connectivity index (χ2v) is 5.49. The Labute approximate surface area is 137 Å². The highest BCUT2D eigenvalue weighted by Gasteiger charge is 2.30. The number of amides is 2. The van der Waals surface area contributed by atoms with E-state index in [0.29, 0.717) is 34.4 Å². The highest BCUT2D eigenvalue weighted by atomic mass is 16.2. The van der Waals surface area contributed by atoms with Gasteiger partial charge in [-0.15, -0.1) is 0 Å². The van der Waals surface area contributed by atoms with Gasteiger partial charge in [0.1, 0.15) is 12.2 Å². The summed E-state index contributed by atoms with van der Waals surface area (Å²) in [5, 5.41) is 5.24. The largest absolute Gasteiger partial charge is 0.326 e. The summed E-state index contributed by atoms with van der Waals surface area (Å²) in [7, 11) is 0. The Morgan fingerprint density at radius 1 is 1.08 bits per heavy atom. The van der Waals surface area contributed by atoms with Crippen LogP contribution in [0.1, 0.15) is 34.3 Å². The monoisotopic (exact) mass is 322 g/mol. The molecule has 1 heterocycles. The summed E-state index contributed by atoms with van der Waals surface area (Å²) >= 11 is 0. The maximum Gasteiger partial charge on any atom is 0.239 e. The van der Waals surface area contributed by atoms with E-state index in [0.717, 1.165) is 0 Å². The van der Waals surface area contributed by atoms with Crippen LogP contribution < -0.4 is 10.6 Å². The molecule has 24 heavy (non-hydrogen) atoms. The van der Waals surface area contributed by atoms with Crippen molar-refractivity contribution in [1.82, 2.24) is 0 Å². The molecule has 120 valence electrons. The van der Waals surface area contributed by atoms with E-state index in [1.54, 1.807) is 42.5 Å². The van der Waals surface area contributed by atoms with E-state index in [1.165, 1.54) is 6.92 Å². The zero-order valence-corrected chi connectivity index (χ0v) is 12.8. The van der Waals surface area contributed by atoms with Gasteiger partial charge in [-0.25, -0.2) is 0 Å². The van der Waals surface area contributed by atoms with Gasteiger partial charge < -0.3 is 15.4 Å². The van der Waals surface area contributed by atoms with E-state index in [2.05, 4.69) is 10.6 Å². The van der Waals surface area contributed by atoms with Gasteiger partial charge in [-0.3, -0.25) is 14.4 Å². The molecule has 1 aliphatic rings. The molecule has 0 radical (unpaired) electrons. The minimum Gasteiger partial charge on any atom is -0.326 e. The Balaban J connectivity index is 1.88. The normalized spacial score (nSPS) is 15.4. The van der Waals surface area contributed by atoms with E-state index in [1.807, 2.05) is 0 Å². The number of anilines is 2. The van der Waals surface area contributed by atoms with Crippen LogP contribution in [0.2, 0.25) is 0 Å². The van der Waals surface area contributed by atoms with Gasteiger partial charge in [0, 0.05) is 29.4 Å². The first kappa shape index (κ1) is 15.6. The van der Waals surface area contributed by atoms with Crippen LogP contribution in [0.25, 0.3) is 0 Å². The predicted molar refractivity (Wildman–Crippen MR) is 88.1 cm³/mol. The minimum atomic E-state index is -0.880. The number of ketones is 1. The molecular formula is C18H14N2O4. The third-order valence-corrected chi connectivity index (χ3v) is 3.79. The maximum absolute atomic E-state index is 12.6. The summed E-state index contributed by atoms with van der Waals surface area (Å²) in [6.07, 6.45) is 0.567. The maximum atomic E-state index is 12.6. The van der Waals surface area contributed by atoms with Gasteiger partial charge in [-0.1, -0.05) is 0 Å². The molecular weight excluding hydrogens is 308 g/mol. The molecule has 3 rings (SSSR count). The third-order valence-electron chi connectivity index (χ3n) is 3.79. The summed E-state index contributed by atoms with van der Waals surface area (Å²) in [5.41, 5.74) is 2.50. The molecule has 1 atom stereocenters. The highest BCUT2D eigenvalue weighted by Crippen LogP contribution is 2.32. The van der Waals surface area contributed by atoms with E-state index < -0.39 is 5.92 Å². The molecule has 1 unspecified atom stereocenters. The molecule has 2 N–H and O–H groups in total. The summed E-state index contributed by atoms with van der Waals surface area (Å²) in [4.78, 5) is 46.3. The lowest BCUT2D eigenvalue weighted by atomic mass is 9.96. The van der Waals surface area contributed by atoms with Crippen LogP contribution in [0.15, 0.2) is 42.5 Å². The number of carbonyl (C=O) groups is 4. The van der Waals surface area contributed by atoms with Crippen molar-refractivity contribution in [2.24, 2.45) is 0 Å². The topological polar surface area (TPSA) is 92.3 Å². The van der Waals surface area contributed by atoms with Crippen molar-refractivity contribution in [2.45, 2.75) is 12.8 Å². The minimum absolute atomic E-state index is 0.190. The molecule has 2 amide bonds. The second kappa shape index (κ2) is 6.08. The predicted octanol–water partition coefficient (Wildman–Crippen LogP) is 2.11. The summed E-state index contributed by atoms with van der Waals surface area (Å²) < 4.78 is 0. The molecule has 0 bridgehead atoms. The lowest BCUT2D eigenvalue weighted by Crippen LogP contribution is -2.12. The number of aldehydes is 1. The SMILES string of the molecule is CC(=O)Nc1ccc(C(=O)c2ccc3c(c2)C(C=O)C(=O)N3)cc1. The average molecular weight is 322 g/mol. The lowest BCUT2D eigenvalue weighted by molar-refractivity contribution is -0.121. The first-order chi connectivity index (χ1) is 11.5. The number of fused-ring (bicyclic) bond motifs is 1. The van der Waals surface area contributed by atoms with Gasteiger partial charge in [-0.05, 0) is 48.0 Å². The van der Waals surface area contributed by atoms with Crippen molar-refractivity contribution >= 4 is 35.3 Å². The van der Waals surface area contributed by atoms with Gasteiger partial charge in [0.05, 0.1) is 0 Å². The third kappa shape index (κ3) is 2.81. The van der Waals surface area contributed by atoms with Crippen molar-refractivity contribution in [3.05, 3.63) is 59.2 Å². The van der Waals surface area contributed by atoms with Crippen LogP contribution in [0, 0.1) is 0 Å². The fourth-order valence-corrected chi connectivity index (χ4v) is 2.64. The van der Waals surface area contributed by atoms with E-state index >= 15 is 0 Å². The van der Waals surface area contributed by atoms with Crippen LogP contribution >= 0.6 is 0 Å². The molecule has 0 saturated carbocycles. The number of benzene rings is 2. The molecule has 0 saturated heterocycles. The molecule has 0 aromatic heterocycles. The van der Waals surface area contributed by atoms with Gasteiger partial charge in [-0.2, -0.15) is 0 Å². The molecule has 1 aliphatic heterocycles. The van der Waals surface area contributed by atoms with E-state index in [4.69, 9.17) is 0 Å². The van der Waals surface area contributed by atoms with Crippen molar-refractivity contribution in [1.29, 1.82) is 0 Å². The molecule has 0 fully saturated rings. The first-order valence-corrected chi connectivity index (χ1v) is 7.32. The highest BCUT2D eigenvalue weighted by molar-refractivity contribution is 6.14. The fourth-order valence-electron chi connectivity index (χ4n) is 2.64. The molecule has 6 nitrogen and oxygen atoms in total. The Morgan fingerprint density at radius 2 is 1.75 bits per heavy atom. The number of hydrogen-bond acceptors (Lipinski definition) is 4. The smallest absolute Gasteiger partial charge is 0.239 e. The van der Waals surface area contributed by atoms with Gasteiger partial charge in [0.25, 0.3) is 0 Å². The van der Waals surface area contributed by atoms with Crippen molar-refractivity contribution in [3.63, 3.8) is 0 Å². The Bertz CT molecular complexity index is 856. The zero-order chi connectivity index (χ0) is 17.3. The zero-order valence-electron chi connectivity index (χ0n) is 12.8. The molecule has 2 aromatic rings. The number of hydrogen-bond donors (Lipinski definition) is 2. The van der Waals surface area contributed by atoms with Crippen molar-refractivity contribution in [2.75, 3.05) is 10.6 Å². The Kier molecular flexibility index (Phi) is 3.95. The standard InChI is InChI=1S/C18H14N2O4/c1-10(22)19-13-5-2-11(3-6-13)17(23)12-4-7-16-14(8-12)15(9-21)18(24)20-16/h2-9,15H,1H3,(H,19,22)(H,20,24). The van der Waals surface area contributed by atoms with Crippen molar-refractivity contribution in [3.8, 4) is 0 Å². The molecule has 2 aromatic carbocycles. The van der Waals surface area contributed by atoms with Gasteiger partial charge >= 0.3 is 0 Å². The lowest BCUT2D eigenvalue weighted by Gasteiger charge is -2.07. The summed E-state index contributed by atoms with van der Waals surface area (Å²) in [6, 6.07) is 11.3. The Hall–Kier alpha value is -3.28. The average Bonchev–Trinajstić information content (AvgIpc) is 2.88. The first-order valence-electron chi connectivity index (χ1n) is 7.32. The van der Waals surface area contributed by atoms with Gasteiger partial charge in [0.2, 0.25) is 11.8 Å². The number of carbonyl (C=O) groups excluding carboxylic acids is 4. The molecule has 0 aliphatic carbocycles. The van der Waals surface area contributed by atoms with Crippen LogP contribution in [-0.2, 0) is 14.4 Å². The van der Waals surface area contributed by atoms with Gasteiger partial charge in [0.15, 0.2) is 5.78 Å². The van der Waals surface area contributed by atoms with Crippen LogP contribution in [0.3, 0.4) is 0 Å². The van der Waals surface area contributed by atoms with E-state index in [9.17, 15) is 19.2 Å². The number of nitrogens with one attached hydrogen (secondary N) is 2. The molecule has 0 spiro atoms. The van der Waals surface area contributed by atoms with Crippen LogP contribution in [0.4, 0.5) is 11.4 Å². The second-order valence-electron chi connectivity index (χ2n) is 5.49. The quantitative estimate of drug-likeness (QED) is 0.512. The Morgan fingerprint density at radius 3 is 2.38 bits per heavy atom. The van der Waals surface area contributed by atoms with Crippen LogP contribution in [0.5, 0.6) is 0 Å². The number of rotatable bonds is 4. The summed E-state index contributed by atoms with van der Waals surface area (Å²) in [5.74, 6) is -1.68. The van der Waals surface area contributed by atoms with Crippen molar-refractivity contribution < 1.29 is 19.2 Å². The van der Waals surface area contributed by atoms with E-state index in [-0.39, 0.29) is 17.6 Å². The summed E-state index contributed by atoms with van der Waals surface area (Å²) in [6.45, 7) is 1.41.